The van der Waals surface area contributed by atoms with Crippen LogP contribution in [0.15, 0.2) is 35.1 Å². The van der Waals surface area contributed by atoms with Gasteiger partial charge in [0, 0.05) is 6.20 Å². The molecular formula is C16H20BrN3O. The van der Waals surface area contributed by atoms with Gasteiger partial charge in [0.25, 0.3) is 0 Å². The summed E-state index contributed by atoms with van der Waals surface area (Å²) >= 11 is 3.53. The number of aryl methyl sites for hydroxylation is 1. The van der Waals surface area contributed by atoms with Crippen molar-refractivity contribution in [2.24, 2.45) is 0 Å². The maximum Gasteiger partial charge on any atom is 0.133 e. The average Bonchev–Trinajstić information content (AvgIpc) is 2.48. The van der Waals surface area contributed by atoms with Crippen molar-refractivity contribution in [2.45, 2.75) is 26.3 Å². The number of aromatic nitrogens is 2. The van der Waals surface area contributed by atoms with E-state index in [9.17, 15) is 0 Å². The predicted molar refractivity (Wildman–Crippen MR) is 87.6 cm³/mol. The van der Waals surface area contributed by atoms with Gasteiger partial charge in [-0.05, 0) is 53.5 Å². The number of nitrogens with one attached hydrogen (secondary N) is 1. The van der Waals surface area contributed by atoms with Gasteiger partial charge in [0.05, 0.1) is 35.2 Å². The Morgan fingerprint density at radius 2 is 2.10 bits per heavy atom. The van der Waals surface area contributed by atoms with E-state index in [0.717, 1.165) is 34.6 Å². The first kappa shape index (κ1) is 15.9. The summed E-state index contributed by atoms with van der Waals surface area (Å²) in [7, 11) is 1.67. The van der Waals surface area contributed by atoms with Crippen LogP contribution in [0.5, 0.6) is 5.75 Å². The van der Waals surface area contributed by atoms with Gasteiger partial charge in [0.1, 0.15) is 5.75 Å². The van der Waals surface area contributed by atoms with Gasteiger partial charge in [-0.15, -0.1) is 0 Å². The van der Waals surface area contributed by atoms with Crippen LogP contribution in [-0.2, 0) is 6.42 Å². The zero-order valence-electron chi connectivity index (χ0n) is 12.6. The van der Waals surface area contributed by atoms with Crippen molar-refractivity contribution in [3.63, 3.8) is 0 Å². The molecule has 112 valence electrons. The third-order valence-electron chi connectivity index (χ3n) is 3.26. The maximum atomic E-state index is 5.27. The van der Waals surface area contributed by atoms with E-state index in [4.69, 9.17) is 4.74 Å². The Balaban J connectivity index is 2.19. The van der Waals surface area contributed by atoms with E-state index in [2.05, 4.69) is 50.3 Å². The molecule has 1 aromatic heterocycles. The summed E-state index contributed by atoms with van der Waals surface area (Å²) in [6.45, 7) is 4.93. The van der Waals surface area contributed by atoms with Gasteiger partial charge < -0.3 is 10.1 Å². The monoisotopic (exact) mass is 349 g/mol. The summed E-state index contributed by atoms with van der Waals surface area (Å²) in [5, 5.41) is 3.47. The molecular weight excluding hydrogens is 330 g/mol. The highest BCUT2D eigenvalue weighted by atomic mass is 79.9. The fraction of sp³-hybridized carbons (Fsp3) is 0.375. The van der Waals surface area contributed by atoms with Crippen molar-refractivity contribution in [1.29, 1.82) is 0 Å². The predicted octanol–water partition coefficient (Wildman–Crippen LogP) is 3.45. The van der Waals surface area contributed by atoms with Crippen LogP contribution < -0.4 is 10.1 Å². The number of nitrogens with zero attached hydrogens (tertiary/aromatic N) is 2. The molecule has 4 nitrogen and oxygen atoms in total. The Labute approximate surface area is 134 Å². The quantitative estimate of drug-likeness (QED) is 0.867. The van der Waals surface area contributed by atoms with E-state index in [1.54, 1.807) is 7.11 Å². The zero-order chi connectivity index (χ0) is 15.2. The SMILES string of the molecule is CCNC(Cc1ccc(OC)c(Br)c1)c1cnc(C)cn1. The Morgan fingerprint density at radius 3 is 2.67 bits per heavy atom. The van der Waals surface area contributed by atoms with Gasteiger partial charge in [0.15, 0.2) is 0 Å². The van der Waals surface area contributed by atoms with E-state index in [1.807, 2.05) is 25.4 Å². The van der Waals surface area contributed by atoms with Crippen LogP contribution in [-0.4, -0.2) is 23.6 Å². The highest BCUT2D eigenvalue weighted by molar-refractivity contribution is 9.10. The highest BCUT2D eigenvalue weighted by Crippen LogP contribution is 2.27. The highest BCUT2D eigenvalue weighted by Gasteiger charge is 2.14. The zero-order valence-corrected chi connectivity index (χ0v) is 14.1. The second-order valence-electron chi connectivity index (χ2n) is 4.87. The number of rotatable bonds is 6. The number of hydrogen-bond donors (Lipinski definition) is 1. The van der Waals surface area contributed by atoms with Crippen LogP contribution in [0.1, 0.15) is 29.9 Å². The molecule has 0 saturated carbocycles. The number of ether oxygens (including phenoxy) is 1. The fourth-order valence-electron chi connectivity index (χ4n) is 2.18. The largest absolute Gasteiger partial charge is 0.496 e. The molecule has 0 bridgehead atoms. The Bertz CT molecular complexity index is 587. The Morgan fingerprint density at radius 1 is 1.29 bits per heavy atom. The minimum atomic E-state index is 0.156. The van der Waals surface area contributed by atoms with Crippen molar-refractivity contribution in [3.05, 3.63) is 52.0 Å². The van der Waals surface area contributed by atoms with Gasteiger partial charge in [0.2, 0.25) is 0 Å². The molecule has 0 radical (unpaired) electrons. The molecule has 21 heavy (non-hydrogen) atoms. The molecule has 1 unspecified atom stereocenters. The summed E-state index contributed by atoms with van der Waals surface area (Å²) in [6.07, 6.45) is 4.51. The number of methoxy groups -OCH3 is 1. The number of benzene rings is 1. The average molecular weight is 350 g/mol. The first-order valence-corrected chi connectivity index (χ1v) is 7.77. The molecule has 1 heterocycles. The molecule has 1 N–H and O–H groups in total. The first-order valence-electron chi connectivity index (χ1n) is 6.98. The molecule has 0 saturated heterocycles. The van der Waals surface area contributed by atoms with E-state index < -0.39 is 0 Å². The second-order valence-corrected chi connectivity index (χ2v) is 5.72. The molecule has 0 aliphatic carbocycles. The third kappa shape index (κ3) is 4.25. The molecule has 5 heteroatoms. The van der Waals surface area contributed by atoms with Gasteiger partial charge in [-0.3, -0.25) is 9.97 Å². The van der Waals surface area contributed by atoms with E-state index in [-0.39, 0.29) is 6.04 Å². The number of hydrogen-bond acceptors (Lipinski definition) is 4. The van der Waals surface area contributed by atoms with Gasteiger partial charge in [-0.25, -0.2) is 0 Å². The number of likely N-dealkylation sites (N-methyl/N-ethyl adjacent to an activating group) is 1. The van der Waals surface area contributed by atoms with Crippen molar-refractivity contribution in [3.8, 4) is 5.75 Å². The summed E-state index contributed by atoms with van der Waals surface area (Å²) in [4.78, 5) is 8.83. The lowest BCUT2D eigenvalue weighted by molar-refractivity contribution is 0.412. The van der Waals surface area contributed by atoms with E-state index >= 15 is 0 Å². The molecule has 2 rings (SSSR count). The molecule has 1 aromatic carbocycles. The first-order chi connectivity index (χ1) is 10.1. The standard InChI is InChI=1S/C16H20BrN3O/c1-4-18-14(15-10-19-11(2)9-20-15)8-12-5-6-16(21-3)13(17)7-12/h5-7,9-10,14,18H,4,8H2,1-3H3. The van der Waals surface area contributed by atoms with Crippen molar-refractivity contribution < 1.29 is 4.74 Å². The molecule has 0 fully saturated rings. The Hall–Kier alpha value is -1.46. The van der Waals surface area contributed by atoms with Gasteiger partial charge in [-0.2, -0.15) is 0 Å². The number of halogens is 1. The maximum absolute atomic E-state index is 5.27. The lowest BCUT2D eigenvalue weighted by atomic mass is 10.0. The van der Waals surface area contributed by atoms with Crippen LogP contribution in [0, 0.1) is 6.92 Å². The van der Waals surface area contributed by atoms with Crippen LogP contribution in [0.25, 0.3) is 0 Å². The Kier molecular flexibility index (Phi) is 5.70. The van der Waals surface area contributed by atoms with Crippen molar-refractivity contribution >= 4 is 15.9 Å². The van der Waals surface area contributed by atoms with Gasteiger partial charge >= 0.3 is 0 Å². The van der Waals surface area contributed by atoms with Crippen molar-refractivity contribution in [2.75, 3.05) is 13.7 Å². The van der Waals surface area contributed by atoms with Crippen LogP contribution in [0.4, 0.5) is 0 Å². The minimum Gasteiger partial charge on any atom is -0.496 e. The van der Waals surface area contributed by atoms with Crippen LogP contribution >= 0.6 is 15.9 Å². The second kappa shape index (κ2) is 7.52. The summed E-state index contributed by atoms with van der Waals surface area (Å²) in [5.41, 5.74) is 3.12. The summed E-state index contributed by atoms with van der Waals surface area (Å²) < 4.78 is 6.23. The van der Waals surface area contributed by atoms with Crippen LogP contribution in [0.3, 0.4) is 0 Å². The normalized spacial score (nSPS) is 12.2. The molecule has 2 aromatic rings. The molecule has 0 spiro atoms. The fourth-order valence-corrected chi connectivity index (χ4v) is 2.77. The lowest BCUT2D eigenvalue weighted by Crippen LogP contribution is -2.24. The van der Waals surface area contributed by atoms with Crippen LogP contribution in [0.2, 0.25) is 0 Å². The molecule has 0 aliphatic rings. The third-order valence-corrected chi connectivity index (χ3v) is 3.88. The van der Waals surface area contributed by atoms with E-state index in [1.165, 1.54) is 5.56 Å². The minimum absolute atomic E-state index is 0.156. The van der Waals surface area contributed by atoms with E-state index in [0.29, 0.717) is 0 Å². The lowest BCUT2D eigenvalue weighted by Gasteiger charge is -2.18. The van der Waals surface area contributed by atoms with Crippen molar-refractivity contribution in [1.82, 2.24) is 15.3 Å². The summed E-state index contributed by atoms with van der Waals surface area (Å²) in [6, 6.07) is 6.30. The molecule has 1 atom stereocenters. The molecule has 0 amide bonds. The van der Waals surface area contributed by atoms with Gasteiger partial charge in [-0.1, -0.05) is 13.0 Å². The summed E-state index contributed by atoms with van der Waals surface area (Å²) in [5.74, 6) is 0.842. The topological polar surface area (TPSA) is 47.0 Å². The smallest absolute Gasteiger partial charge is 0.133 e. The molecule has 0 aliphatic heterocycles.